The first kappa shape index (κ1) is 17.8. The van der Waals surface area contributed by atoms with Crippen molar-refractivity contribution in [2.75, 3.05) is 16.0 Å². The van der Waals surface area contributed by atoms with Crippen LogP contribution >= 0.6 is 23.1 Å². The number of amides is 2. The summed E-state index contributed by atoms with van der Waals surface area (Å²) >= 11 is 2.84. The van der Waals surface area contributed by atoms with Crippen LogP contribution in [0.3, 0.4) is 0 Å². The summed E-state index contributed by atoms with van der Waals surface area (Å²) in [6.07, 6.45) is 0. The summed E-state index contributed by atoms with van der Waals surface area (Å²) in [7, 11) is 0. The number of benzene rings is 2. The van der Waals surface area contributed by atoms with Gasteiger partial charge in [-0.25, -0.2) is 4.39 Å². The van der Waals surface area contributed by atoms with Crippen LogP contribution < -0.4 is 10.2 Å². The number of nitrogens with one attached hydrogen (secondary N) is 1. The highest BCUT2D eigenvalue weighted by Gasteiger charge is 2.35. The third-order valence-corrected chi connectivity index (χ3v) is 6.26. The summed E-state index contributed by atoms with van der Waals surface area (Å²) in [5, 5.41) is 4.40. The van der Waals surface area contributed by atoms with Crippen molar-refractivity contribution in [3.63, 3.8) is 0 Å². The van der Waals surface area contributed by atoms with Crippen molar-refractivity contribution in [3.05, 3.63) is 82.3 Å². The van der Waals surface area contributed by atoms with Gasteiger partial charge >= 0.3 is 0 Å². The standard InChI is InChI=1S/C20H15FN2O2S2/c21-15-4-1-2-5-16(15)23-18(24)12-27-20(23)13-7-9-14(10-8-13)22-19(25)17-6-3-11-26-17/h1-11,20H,12H2,(H,22,25)/t20-/m1/s1. The number of hydrogen-bond acceptors (Lipinski definition) is 4. The highest BCUT2D eigenvalue weighted by molar-refractivity contribution is 8.00. The van der Waals surface area contributed by atoms with Crippen molar-refractivity contribution in [1.82, 2.24) is 0 Å². The molecule has 0 radical (unpaired) electrons. The van der Waals surface area contributed by atoms with Gasteiger partial charge in [-0.2, -0.15) is 0 Å². The van der Waals surface area contributed by atoms with Gasteiger partial charge in [0.2, 0.25) is 5.91 Å². The van der Waals surface area contributed by atoms with Gasteiger partial charge in [0.25, 0.3) is 5.91 Å². The molecule has 4 nitrogen and oxygen atoms in total. The average Bonchev–Trinajstić information content (AvgIpc) is 3.33. The van der Waals surface area contributed by atoms with Crippen molar-refractivity contribution >= 4 is 46.3 Å². The van der Waals surface area contributed by atoms with E-state index in [2.05, 4.69) is 5.32 Å². The minimum Gasteiger partial charge on any atom is -0.321 e. The van der Waals surface area contributed by atoms with Gasteiger partial charge < -0.3 is 5.32 Å². The molecule has 4 rings (SSSR count). The van der Waals surface area contributed by atoms with Crippen molar-refractivity contribution in [3.8, 4) is 0 Å². The maximum absolute atomic E-state index is 14.2. The molecule has 2 aromatic carbocycles. The fourth-order valence-corrected chi connectivity index (χ4v) is 4.70. The Morgan fingerprint density at radius 3 is 2.56 bits per heavy atom. The molecule has 1 atom stereocenters. The lowest BCUT2D eigenvalue weighted by Crippen LogP contribution is -2.28. The predicted molar refractivity (Wildman–Crippen MR) is 108 cm³/mol. The third-order valence-electron chi connectivity index (χ3n) is 4.18. The predicted octanol–water partition coefficient (Wildman–Crippen LogP) is 4.92. The maximum atomic E-state index is 14.2. The lowest BCUT2D eigenvalue weighted by Gasteiger charge is -2.24. The summed E-state index contributed by atoms with van der Waals surface area (Å²) in [6.45, 7) is 0. The molecule has 27 heavy (non-hydrogen) atoms. The number of hydrogen-bond donors (Lipinski definition) is 1. The van der Waals surface area contributed by atoms with E-state index in [1.165, 1.54) is 34.1 Å². The third kappa shape index (κ3) is 3.61. The molecule has 3 aromatic rings. The Bertz CT molecular complexity index is 974. The normalized spacial score (nSPS) is 16.6. The van der Waals surface area contributed by atoms with Crippen molar-refractivity contribution in [2.24, 2.45) is 0 Å². The average molecular weight is 398 g/mol. The number of thiophene rings is 1. The lowest BCUT2D eigenvalue weighted by atomic mass is 10.1. The van der Waals surface area contributed by atoms with Gasteiger partial charge in [0.1, 0.15) is 11.2 Å². The second-order valence-corrected chi connectivity index (χ2v) is 7.95. The van der Waals surface area contributed by atoms with Crippen LogP contribution in [0.5, 0.6) is 0 Å². The van der Waals surface area contributed by atoms with Gasteiger partial charge in [-0.3, -0.25) is 14.5 Å². The molecule has 1 fully saturated rings. The zero-order valence-corrected chi connectivity index (χ0v) is 15.7. The Morgan fingerprint density at radius 2 is 1.85 bits per heavy atom. The minimum atomic E-state index is -0.418. The molecular formula is C20H15FN2O2S2. The number of para-hydroxylation sites is 1. The highest BCUT2D eigenvalue weighted by atomic mass is 32.2. The molecule has 7 heteroatoms. The minimum absolute atomic E-state index is 0.120. The number of rotatable bonds is 4. The monoisotopic (exact) mass is 398 g/mol. The Balaban J connectivity index is 1.55. The Hall–Kier alpha value is -2.64. The summed E-state index contributed by atoms with van der Waals surface area (Å²) in [6, 6.07) is 17.2. The van der Waals surface area contributed by atoms with E-state index >= 15 is 0 Å². The molecule has 0 saturated carbocycles. The van der Waals surface area contributed by atoms with E-state index in [4.69, 9.17) is 0 Å². The first-order chi connectivity index (χ1) is 13.1. The number of thioether (sulfide) groups is 1. The van der Waals surface area contributed by atoms with E-state index in [1.54, 1.807) is 36.4 Å². The quantitative estimate of drug-likeness (QED) is 0.679. The topological polar surface area (TPSA) is 49.4 Å². The van der Waals surface area contributed by atoms with Gasteiger partial charge in [-0.15, -0.1) is 23.1 Å². The van der Waals surface area contributed by atoms with Gasteiger partial charge in [0.15, 0.2) is 0 Å². The van der Waals surface area contributed by atoms with Gasteiger partial charge in [0, 0.05) is 5.69 Å². The van der Waals surface area contributed by atoms with Crippen LogP contribution in [0.1, 0.15) is 20.6 Å². The number of anilines is 2. The zero-order valence-electron chi connectivity index (χ0n) is 14.1. The molecule has 0 unspecified atom stereocenters. The van der Waals surface area contributed by atoms with Crippen molar-refractivity contribution < 1.29 is 14.0 Å². The van der Waals surface area contributed by atoms with Crippen LogP contribution in [0, 0.1) is 5.82 Å². The largest absolute Gasteiger partial charge is 0.321 e. The fraction of sp³-hybridized carbons (Fsp3) is 0.100. The summed E-state index contributed by atoms with van der Waals surface area (Å²) in [4.78, 5) is 26.6. The molecule has 0 aliphatic carbocycles. The van der Waals surface area contributed by atoms with Crippen LogP contribution in [-0.2, 0) is 4.79 Å². The van der Waals surface area contributed by atoms with E-state index in [9.17, 15) is 14.0 Å². The van der Waals surface area contributed by atoms with E-state index in [-0.39, 0.29) is 22.9 Å². The molecule has 2 amide bonds. The molecule has 1 aromatic heterocycles. The van der Waals surface area contributed by atoms with Crippen LogP contribution in [0.2, 0.25) is 0 Å². The zero-order chi connectivity index (χ0) is 18.8. The number of carbonyl (C=O) groups excluding carboxylic acids is 2. The second-order valence-electron chi connectivity index (χ2n) is 5.93. The first-order valence-electron chi connectivity index (χ1n) is 8.26. The van der Waals surface area contributed by atoms with E-state index in [0.717, 1.165) is 5.56 Å². The van der Waals surface area contributed by atoms with Crippen LogP contribution in [0.25, 0.3) is 0 Å². The molecule has 1 aliphatic heterocycles. The second kappa shape index (κ2) is 7.54. The first-order valence-corrected chi connectivity index (χ1v) is 10.2. The van der Waals surface area contributed by atoms with Crippen molar-refractivity contribution in [2.45, 2.75) is 5.37 Å². The summed E-state index contributed by atoms with van der Waals surface area (Å²) in [5.41, 5.74) is 1.83. The lowest BCUT2D eigenvalue weighted by molar-refractivity contribution is -0.115. The van der Waals surface area contributed by atoms with E-state index < -0.39 is 5.82 Å². The Labute approximate surface area is 164 Å². The van der Waals surface area contributed by atoms with Gasteiger partial charge in [0.05, 0.1) is 16.3 Å². The summed E-state index contributed by atoms with van der Waals surface area (Å²) < 4.78 is 14.2. The number of carbonyl (C=O) groups is 2. The van der Waals surface area contributed by atoms with Crippen LogP contribution in [-0.4, -0.2) is 17.6 Å². The number of nitrogens with zero attached hydrogens (tertiary/aromatic N) is 1. The van der Waals surface area contributed by atoms with Gasteiger partial charge in [-0.1, -0.05) is 30.3 Å². The molecular weight excluding hydrogens is 383 g/mol. The highest BCUT2D eigenvalue weighted by Crippen LogP contribution is 2.42. The van der Waals surface area contributed by atoms with Gasteiger partial charge in [-0.05, 0) is 41.3 Å². The Morgan fingerprint density at radius 1 is 1.07 bits per heavy atom. The number of halogens is 1. The molecule has 1 saturated heterocycles. The molecule has 1 N–H and O–H groups in total. The maximum Gasteiger partial charge on any atom is 0.265 e. The van der Waals surface area contributed by atoms with Crippen molar-refractivity contribution in [1.29, 1.82) is 0 Å². The SMILES string of the molecule is O=C(Nc1ccc([C@H]2SCC(=O)N2c2ccccc2F)cc1)c1cccs1. The fourth-order valence-electron chi connectivity index (χ4n) is 2.91. The summed E-state index contributed by atoms with van der Waals surface area (Å²) in [5.74, 6) is -0.393. The molecule has 0 spiro atoms. The van der Waals surface area contributed by atoms with E-state index in [1.807, 2.05) is 23.6 Å². The smallest absolute Gasteiger partial charge is 0.265 e. The molecule has 2 heterocycles. The van der Waals surface area contributed by atoms with Crippen LogP contribution in [0.4, 0.5) is 15.8 Å². The molecule has 1 aliphatic rings. The molecule has 136 valence electrons. The van der Waals surface area contributed by atoms with E-state index in [0.29, 0.717) is 16.3 Å². The van der Waals surface area contributed by atoms with Crippen LogP contribution in [0.15, 0.2) is 66.0 Å². The molecule has 0 bridgehead atoms. The Kier molecular flexibility index (Phi) is 4.96.